The second kappa shape index (κ2) is 8.74. The summed E-state index contributed by atoms with van der Waals surface area (Å²) in [5, 5.41) is 8.92. The molecule has 0 fully saturated rings. The van der Waals surface area contributed by atoms with Crippen molar-refractivity contribution in [1.82, 2.24) is 0 Å². The van der Waals surface area contributed by atoms with Gasteiger partial charge in [-0.2, -0.15) is 0 Å². The van der Waals surface area contributed by atoms with E-state index >= 15 is 0 Å². The molecule has 1 unspecified atom stereocenters. The van der Waals surface area contributed by atoms with E-state index in [2.05, 4.69) is 0 Å². The van der Waals surface area contributed by atoms with Gasteiger partial charge in [0.15, 0.2) is 0 Å². The smallest absolute Gasteiger partial charge is 0.105 e. The molecule has 11 heavy (non-hydrogen) atoms. The number of hydrogen-bond donors (Lipinski definition) is 2. The molecule has 0 radical (unpaired) electrons. The van der Waals surface area contributed by atoms with E-state index in [4.69, 9.17) is 10.8 Å². The standard InChI is InChI=1S/C8H18INO/c9-8(11)6-4-2-1-3-5-7-10/h8,11H,1-7,10H2. The fourth-order valence-electron chi connectivity index (χ4n) is 0.987. The summed E-state index contributed by atoms with van der Waals surface area (Å²) in [6, 6.07) is 0. The molecule has 0 heterocycles. The summed E-state index contributed by atoms with van der Waals surface area (Å²) in [6.45, 7) is 0.814. The summed E-state index contributed by atoms with van der Waals surface area (Å²) in [5.74, 6) is 0. The Bertz CT molecular complexity index is 78.5. The number of nitrogens with two attached hydrogens (primary N) is 1. The number of unbranched alkanes of at least 4 members (excludes halogenated alkanes) is 4. The zero-order chi connectivity index (χ0) is 8.53. The van der Waals surface area contributed by atoms with Crippen molar-refractivity contribution in [1.29, 1.82) is 0 Å². The third-order valence-corrected chi connectivity index (χ3v) is 2.27. The third kappa shape index (κ3) is 10.7. The Morgan fingerprint density at radius 3 is 2.18 bits per heavy atom. The number of aliphatic hydroxyl groups excluding tert-OH is 1. The van der Waals surface area contributed by atoms with Crippen LogP contribution in [0.15, 0.2) is 0 Å². The Kier molecular flexibility index (Phi) is 9.26. The van der Waals surface area contributed by atoms with Crippen LogP contribution >= 0.6 is 22.6 Å². The molecule has 0 aromatic carbocycles. The Morgan fingerprint density at radius 1 is 1.09 bits per heavy atom. The van der Waals surface area contributed by atoms with Crippen molar-refractivity contribution in [2.75, 3.05) is 6.54 Å². The highest BCUT2D eigenvalue weighted by Crippen LogP contribution is 2.10. The van der Waals surface area contributed by atoms with Gasteiger partial charge in [-0.25, -0.2) is 0 Å². The molecule has 0 saturated heterocycles. The first kappa shape index (κ1) is 11.6. The van der Waals surface area contributed by atoms with Crippen molar-refractivity contribution in [3.63, 3.8) is 0 Å². The average molecular weight is 271 g/mol. The van der Waals surface area contributed by atoms with Crippen molar-refractivity contribution in [3.05, 3.63) is 0 Å². The van der Waals surface area contributed by atoms with E-state index in [1.807, 2.05) is 22.6 Å². The van der Waals surface area contributed by atoms with Crippen molar-refractivity contribution < 1.29 is 5.11 Å². The molecule has 0 aliphatic heterocycles. The summed E-state index contributed by atoms with van der Waals surface area (Å²) in [7, 11) is 0. The van der Waals surface area contributed by atoms with Gasteiger partial charge < -0.3 is 10.8 Å². The van der Waals surface area contributed by atoms with Gasteiger partial charge in [-0.3, -0.25) is 0 Å². The molecule has 0 bridgehead atoms. The van der Waals surface area contributed by atoms with Gasteiger partial charge in [-0.05, 0) is 19.4 Å². The second-order valence-corrected chi connectivity index (χ2v) is 4.22. The molecule has 1 atom stereocenters. The lowest BCUT2D eigenvalue weighted by atomic mass is 10.1. The largest absolute Gasteiger partial charge is 0.383 e. The molecule has 0 aliphatic rings. The quantitative estimate of drug-likeness (QED) is 0.423. The number of hydrogen-bond acceptors (Lipinski definition) is 2. The van der Waals surface area contributed by atoms with Crippen LogP contribution in [0.5, 0.6) is 0 Å². The van der Waals surface area contributed by atoms with Crippen molar-refractivity contribution in [3.8, 4) is 0 Å². The normalized spacial score (nSPS) is 13.4. The summed E-state index contributed by atoms with van der Waals surface area (Å²) in [5.41, 5.74) is 5.35. The molecular formula is C8H18INO. The van der Waals surface area contributed by atoms with Gasteiger partial charge in [0.1, 0.15) is 4.11 Å². The maximum absolute atomic E-state index is 8.92. The molecule has 0 aliphatic carbocycles. The predicted molar refractivity (Wildman–Crippen MR) is 56.8 cm³/mol. The highest BCUT2D eigenvalue weighted by molar-refractivity contribution is 14.1. The van der Waals surface area contributed by atoms with Crippen molar-refractivity contribution in [2.24, 2.45) is 5.73 Å². The summed E-state index contributed by atoms with van der Waals surface area (Å²) < 4.78 is -0.151. The van der Waals surface area contributed by atoms with Gasteiger partial charge >= 0.3 is 0 Å². The SMILES string of the molecule is NCCCCCCCC(O)I. The lowest BCUT2D eigenvalue weighted by Crippen LogP contribution is -1.98. The Labute approximate surface area is 82.7 Å². The Balaban J connectivity index is 2.80. The highest BCUT2D eigenvalue weighted by atomic mass is 127. The topological polar surface area (TPSA) is 46.2 Å². The molecular weight excluding hydrogens is 253 g/mol. The minimum Gasteiger partial charge on any atom is -0.383 e. The van der Waals surface area contributed by atoms with Crippen LogP contribution in [0.4, 0.5) is 0 Å². The number of rotatable bonds is 7. The van der Waals surface area contributed by atoms with Crippen LogP contribution in [0.1, 0.15) is 38.5 Å². The zero-order valence-electron chi connectivity index (χ0n) is 6.93. The lowest BCUT2D eigenvalue weighted by Gasteiger charge is -2.01. The highest BCUT2D eigenvalue weighted by Gasteiger charge is 1.95. The van der Waals surface area contributed by atoms with Crippen LogP contribution < -0.4 is 5.73 Å². The molecule has 0 saturated carbocycles. The first-order valence-corrected chi connectivity index (χ1v) is 5.54. The number of aliphatic hydroxyl groups is 1. The number of halogens is 1. The average Bonchev–Trinajstić information content (AvgIpc) is 1.96. The van der Waals surface area contributed by atoms with Crippen LogP contribution in [0.2, 0.25) is 0 Å². The van der Waals surface area contributed by atoms with E-state index in [-0.39, 0.29) is 4.11 Å². The fraction of sp³-hybridized carbons (Fsp3) is 1.00. The van der Waals surface area contributed by atoms with Gasteiger partial charge in [-0.15, -0.1) is 0 Å². The minimum atomic E-state index is -0.151. The molecule has 68 valence electrons. The zero-order valence-corrected chi connectivity index (χ0v) is 9.09. The van der Waals surface area contributed by atoms with Crippen LogP contribution in [0.25, 0.3) is 0 Å². The first-order chi connectivity index (χ1) is 5.27. The molecule has 0 aromatic heterocycles. The summed E-state index contributed by atoms with van der Waals surface area (Å²) in [4.78, 5) is 0. The van der Waals surface area contributed by atoms with Crippen LogP contribution in [-0.4, -0.2) is 15.8 Å². The van der Waals surface area contributed by atoms with E-state index < -0.39 is 0 Å². The first-order valence-electron chi connectivity index (χ1n) is 4.29. The molecule has 0 aromatic rings. The van der Waals surface area contributed by atoms with E-state index in [0.717, 1.165) is 25.8 Å². The van der Waals surface area contributed by atoms with Gasteiger partial charge in [0, 0.05) is 0 Å². The summed E-state index contributed by atoms with van der Waals surface area (Å²) >= 11 is 2.05. The summed E-state index contributed by atoms with van der Waals surface area (Å²) in [6.07, 6.45) is 6.97. The van der Waals surface area contributed by atoms with E-state index in [9.17, 15) is 0 Å². The molecule has 0 amide bonds. The molecule has 0 spiro atoms. The van der Waals surface area contributed by atoms with E-state index in [1.54, 1.807) is 0 Å². The van der Waals surface area contributed by atoms with Gasteiger partial charge in [0.25, 0.3) is 0 Å². The molecule has 3 N–H and O–H groups in total. The molecule has 2 nitrogen and oxygen atoms in total. The van der Waals surface area contributed by atoms with Crippen molar-refractivity contribution in [2.45, 2.75) is 42.6 Å². The lowest BCUT2D eigenvalue weighted by molar-refractivity contribution is 0.263. The second-order valence-electron chi connectivity index (χ2n) is 2.78. The van der Waals surface area contributed by atoms with Gasteiger partial charge in [-0.1, -0.05) is 48.3 Å². The maximum atomic E-state index is 8.92. The molecule has 3 heteroatoms. The van der Waals surface area contributed by atoms with Crippen LogP contribution in [0, 0.1) is 0 Å². The Morgan fingerprint density at radius 2 is 1.64 bits per heavy atom. The van der Waals surface area contributed by atoms with Crippen molar-refractivity contribution >= 4 is 22.6 Å². The third-order valence-electron chi connectivity index (χ3n) is 1.65. The fourth-order valence-corrected chi connectivity index (χ4v) is 1.43. The van der Waals surface area contributed by atoms with E-state index in [1.165, 1.54) is 19.3 Å². The van der Waals surface area contributed by atoms with Gasteiger partial charge in [0.05, 0.1) is 0 Å². The monoisotopic (exact) mass is 271 g/mol. The van der Waals surface area contributed by atoms with Crippen LogP contribution in [-0.2, 0) is 0 Å². The minimum absolute atomic E-state index is 0.151. The van der Waals surface area contributed by atoms with Crippen LogP contribution in [0.3, 0.4) is 0 Å². The van der Waals surface area contributed by atoms with Gasteiger partial charge in [0.2, 0.25) is 0 Å². The molecule has 0 rings (SSSR count). The van der Waals surface area contributed by atoms with E-state index in [0.29, 0.717) is 0 Å². The maximum Gasteiger partial charge on any atom is 0.105 e. The number of alkyl halides is 1. The predicted octanol–water partition coefficient (Wildman–Crippen LogP) is 2.04. The Hall–Kier alpha value is 0.650.